The zero-order chi connectivity index (χ0) is 15.1. The van der Waals surface area contributed by atoms with Crippen molar-refractivity contribution in [3.63, 3.8) is 0 Å². The van der Waals surface area contributed by atoms with Gasteiger partial charge in [0.15, 0.2) is 0 Å². The van der Waals surface area contributed by atoms with E-state index in [1.807, 2.05) is 18.2 Å². The van der Waals surface area contributed by atoms with Gasteiger partial charge in [-0.15, -0.1) is 11.8 Å². The van der Waals surface area contributed by atoms with E-state index in [0.717, 1.165) is 27.5 Å². The largest absolute Gasteiger partial charge is 0.495 e. The molecule has 0 aliphatic heterocycles. The van der Waals surface area contributed by atoms with E-state index < -0.39 is 0 Å². The third-order valence-electron chi connectivity index (χ3n) is 2.81. The number of nitrogens with two attached hydrogens (primary N) is 1. The van der Waals surface area contributed by atoms with Crippen molar-refractivity contribution in [1.82, 2.24) is 0 Å². The molecule has 0 fully saturated rings. The molecule has 0 aliphatic rings. The molecule has 2 N–H and O–H groups in total. The van der Waals surface area contributed by atoms with E-state index in [-0.39, 0.29) is 5.82 Å². The molecular formula is C17H16FNOS. The van der Waals surface area contributed by atoms with Gasteiger partial charge in [-0.1, -0.05) is 17.9 Å². The van der Waals surface area contributed by atoms with Crippen molar-refractivity contribution in [2.75, 3.05) is 13.7 Å². The fraction of sp³-hybridized carbons (Fsp3) is 0.176. The second kappa shape index (κ2) is 7.72. The van der Waals surface area contributed by atoms with Crippen LogP contribution >= 0.6 is 11.8 Å². The maximum absolute atomic E-state index is 12.9. The molecule has 108 valence electrons. The Hall–Kier alpha value is -1.96. The average molecular weight is 301 g/mol. The Morgan fingerprint density at radius 3 is 2.62 bits per heavy atom. The number of hydrogen-bond donors (Lipinski definition) is 1. The third kappa shape index (κ3) is 4.52. The van der Waals surface area contributed by atoms with E-state index in [1.165, 1.54) is 12.1 Å². The summed E-state index contributed by atoms with van der Waals surface area (Å²) in [5.41, 5.74) is 7.37. The molecule has 0 heterocycles. The lowest BCUT2D eigenvalue weighted by molar-refractivity contribution is 0.413. The number of methoxy groups -OCH3 is 1. The average Bonchev–Trinajstić information content (AvgIpc) is 2.52. The molecule has 0 amide bonds. The minimum atomic E-state index is -0.219. The van der Waals surface area contributed by atoms with Gasteiger partial charge in [-0.05, 0) is 42.0 Å². The summed E-state index contributed by atoms with van der Waals surface area (Å²) in [7, 11) is 1.62. The van der Waals surface area contributed by atoms with E-state index in [0.29, 0.717) is 6.54 Å². The van der Waals surface area contributed by atoms with E-state index >= 15 is 0 Å². The maximum atomic E-state index is 12.9. The highest BCUT2D eigenvalue weighted by Crippen LogP contribution is 2.26. The second-order valence-electron chi connectivity index (χ2n) is 4.28. The Kier molecular flexibility index (Phi) is 5.68. The normalized spacial score (nSPS) is 9.86. The summed E-state index contributed by atoms with van der Waals surface area (Å²) in [6, 6.07) is 12.4. The van der Waals surface area contributed by atoms with Gasteiger partial charge >= 0.3 is 0 Å². The highest BCUT2D eigenvalue weighted by molar-refractivity contribution is 7.98. The number of halogens is 1. The highest BCUT2D eigenvalue weighted by Gasteiger charge is 2.03. The molecule has 0 aliphatic carbocycles. The number of thioether (sulfide) groups is 1. The molecule has 2 aromatic rings. The summed E-state index contributed by atoms with van der Waals surface area (Å²) in [6.07, 6.45) is 0. The van der Waals surface area contributed by atoms with Crippen molar-refractivity contribution in [1.29, 1.82) is 0 Å². The molecule has 0 radical (unpaired) electrons. The lowest BCUT2D eigenvalue weighted by atomic mass is 10.1. The summed E-state index contributed by atoms with van der Waals surface area (Å²) in [4.78, 5) is 1.03. The zero-order valence-electron chi connectivity index (χ0n) is 11.7. The van der Waals surface area contributed by atoms with Crippen LogP contribution < -0.4 is 10.5 Å². The molecule has 4 heteroatoms. The summed E-state index contributed by atoms with van der Waals surface area (Å²) in [5.74, 6) is 7.15. The van der Waals surface area contributed by atoms with Crippen molar-refractivity contribution < 1.29 is 9.13 Å². The molecule has 2 rings (SSSR count). The first kappa shape index (κ1) is 15.4. The van der Waals surface area contributed by atoms with Crippen LogP contribution in [0.2, 0.25) is 0 Å². The van der Waals surface area contributed by atoms with Crippen LogP contribution in [0.3, 0.4) is 0 Å². The standard InChI is InChI=1S/C17H16FNOS/c1-20-17-9-4-13(11-14(17)3-2-10-19)12-21-16-7-5-15(18)6-8-16/h4-9,11H,10,12,19H2,1H3. The Morgan fingerprint density at radius 1 is 1.19 bits per heavy atom. The van der Waals surface area contributed by atoms with Crippen LogP contribution in [-0.4, -0.2) is 13.7 Å². The van der Waals surface area contributed by atoms with Gasteiger partial charge in [-0.3, -0.25) is 0 Å². The van der Waals surface area contributed by atoms with Crippen molar-refractivity contribution >= 4 is 11.8 Å². The number of hydrogen-bond acceptors (Lipinski definition) is 3. The van der Waals surface area contributed by atoms with Crippen molar-refractivity contribution in [2.45, 2.75) is 10.6 Å². The van der Waals surface area contributed by atoms with Crippen LogP contribution in [0.25, 0.3) is 0 Å². The molecular weight excluding hydrogens is 285 g/mol. The highest BCUT2D eigenvalue weighted by atomic mass is 32.2. The molecule has 0 spiro atoms. The molecule has 0 aromatic heterocycles. The number of ether oxygens (including phenoxy) is 1. The minimum Gasteiger partial charge on any atom is -0.495 e. The molecule has 2 nitrogen and oxygen atoms in total. The predicted octanol–water partition coefficient (Wildman–Crippen LogP) is 3.44. The van der Waals surface area contributed by atoms with Crippen LogP contribution in [-0.2, 0) is 5.75 Å². The molecule has 2 aromatic carbocycles. The molecule has 0 unspecified atom stereocenters. The summed E-state index contributed by atoms with van der Waals surface area (Å²) >= 11 is 1.65. The van der Waals surface area contributed by atoms with Crippen molar-refractivity contribution in [3.05, 3.63) is 59.4 Å². The molecule has 0 atom stereocenters. The van der Waals surface area contributed by atoms with Gasteiger partial charge in [0, 0.05) is 10.6 Å². The molecule has 21 heavy (non-hydrogen) atoms. The summed E-state index contributed by atoms with van der Waals surface area (Å²) in [5, 5.41) is 0. The third-order valence-corrected chi connectivity index (χ3v) is 3.89. The smallest absolute Gasteiger partial charge is 0.134 e. The minimum absolute atomic E-state index is 0.219. The van der Waals surface area contributed by atoms with Crippen LogP contribution in [0.4, 0.5) is 4.39 Å². The zero-order valence-corrected chi connectivity index (χ0v) is 12.5. The summed E-state index contributed by atoms with van der Waals surface area (Å²) in [6.45, 7) is 0.317. The van der Waals surface area contributed by atoms with Gasteiger partial charge in [-0.25, -0.2) is 4.39 Å². The van der Waals surface area contributed by atoms with E-state index in [2.05, 4.69) is 11.8 Å². The monoisotopic (exact) mass is 301 g/mol. The van der Waals surface area contributed by atoms with Crippen molar-refractivity contribution in [3.8, 4) is 17.6 Å². The number of benzene rings is 2. The Bertz CT molecular complexity index is 659. The fourth-order valence-electron chi connectivity index (χ4n) is 1.79. The van der Waals surface area contributed by atoms with Gasteiger partial charge in [-0.2, -0.15) is 0 Å². The van der Waals surface area contributed by atoms with Crippen LogP contribution in [0.5, 0.6) is 5.75 Å². The van der Waals surface area contributed by atoms with Crippen molar-refractivity contribution in [2.24, 2.45) is 5.73 Å². The molecule has 0 saturated heterocycles. The summed E-state index contributed by atoms with van der Waals surface area (Å²) < 4.78 is 18.1. The lowest BCUT2D eigenvalue weighted by Gasteiger charge is -2.07. The Labute approximate surface area is 128 Å². The lowest BCUT2D eigenvalue weighted by Crippen LogP contribution is -1.94. The van der Waals surface area contributed by atoms with Crippen LogP contribution in [0, 0.1) is 17.7 Å². The fourth-order valence-corrected chi connectivity index (χ4v) is 2.63. The first-order valence-electron chi connectivity index (χ1n) is 6.47. The van der Waals surface area contributed by atoms with E-state index in [4.69, 9.17) is 10.5 Å². The topological polar surface area (TPSA) is 35.2 Å². The maximum Gasteiger partial charge on any atom is 0.134 e. The predicted molar refractivity (Wildman–Crippen MR) is 84.9 cm³/mol. The number of rotatable bonds is 4. The molecule has 0 saturated carbocycles. The second-order valence-corrected chi connectivity index (χ2v) is 5.33. The van der Waals surface area contributed by atoms with Crippen LogP contribution in [0.15, 0.2) is 47.4 Å². The first-order chi connectivity index (χ1) is 10.2. The SMILES string of the molecule is COc1ccc(CSc2ccc(F)cc2)cc1C#CCN. The molecule has 0 bridgehead atoms. The Morgan fingerprint density at radius 2 is 1.95 bits per heavy atom. The van der Waals surface area contributed by atoms with Gasteiger partial charge in [0.05, 0.1) is 19.2 Å². The Balaban J connectivity index is 2.11. The van der Waals surface area contributed by atoms with Crippen LogP contribution in [0.1, 0.15) is 11.1 Å². The van der Waals surface area contributed by atoms with E-state index in [9.17, 15) is 4.39 Å². The van der Waals surface area contributed by atoms with Gasteiger partial charge < -0.3 is 10.5 Å². The van der Waals surface area contributed by atoms with Gasteiger partial charge in [0.1, 0.15) is 11.6 Å². The van der Waals surface area contributed by atoms with E-state index in [1.54, 1.807) is 31.0 Å². The van der Waals surface area contributed by atoms with Gasteiger partial charge in [0.25, 0.3) is 0 Å². The first-order valence-corrected chi connectivity index (χ1v) is 7.45. The van der Waals surface area contributed by atoms with Gasteiger partial charge in [0.2, 0.25) is 0 Å². The quantitative estimate of drug-likeness (QED) is 0.694.